The van der Waals surface area contributed by atoms with Crippen molar-refractivity contribution in [3.63, 3.8) is 0 Å². The molecule has 1 saturated heterocycles. The Kier molecular flexibility index (Phi) is 5.12. The van der Waals surface area contributed by atoms with Crippen molar-refractivity contribution in [3.05, 3.63) is 53.6 Å². The number of amides is 2. The number of hydrogen-bond acceptors (Lipinski definition) is 3. The third-order valence-corrected chi connectivity index (χ3v) is 4.70. The Bertz CT molecular complexity index is 732. The maximum absolute atomic E-state index is 12.6. The second-order valence-corrected chi connectivity index (χ2v) is 6.37. The molecule has 5 nitrogen and oxygen atoms in total. The van der Waals surface area contributed by atoms with E-state index in [-0.39, 0.29) is 6.03 Å². The topological polar surface area (TPSA) is 44.8 Å². The number of para-hydroxylation sites is 1. The molecule has 0 atom stereocenters. The predicted octanol–water partition coefficient (Wildman–Crippen LogP) is 3.67. The summed E-state index contributed by atoms with van der Waals surface area (Å²) < 4.78 is 5.29. The molecule has 132 valence electrons. The van der Waals surface area contributed by atoms with E-state index in [0.717, 1.165) is 41.3 Å². The summed E-state index contributed by atoms with van der Waals surface area (Å²) in [5.74, 6) is 0.854. The molecule has 1 aliphatic rings. The van der Waals surface area contributed by atoms with Crippen molar-refractivity contribution in [2.45, 2.75) is 13.8 Å². The summed E-state index contributed by atoms with van der Waals surface area (Å²) >= 11 is 0. The van der Waals surface area contributed by atoms with Crippen LogP contribution in [0.5, 0.6) is 5.75 Å². The first-order chi connectivity index (χ1) is 12.1. The molecule has 0 radical (unpaired) electrons. The summed E-state index contributed by atoms with van der Waals surface area (Å²) in [6.07, 6.45) is 0. The molecule has 2 aromatic carbocycles. The summed E-state index contributed by atoms with van der Waals surface area (Å²) in [5, 5.41) is 3.07. The second kappa shape index (κ2) is 7.47. The van der Waals surface area contributed by atoms with E-state index in [9.17, 15) is 4.79 Å². The number of ether oxygens (including phenoxy) is 1. The Balaban J connectivity index is 1.61. The molecule has 2 amide bonds. The van der Waals surface area contributed by atoms with Crippen LogP contribution in [0.25, 0.3) is 0 Å². The molecule has 0 bridgehead atoms. The fourth-order valence-corrected chi connectivity index (χ4v) is 3.17. The normalized spacial score (nSPS) is 14.4. The van der Waals surface area contributed by atoms with Crippen LogP contribution in [0.3, 0.4) is 0 Å². The van der Waals surface area contributed by atoms with E-state index in [1.165, 1.54) is 0 Å². The van der Waals surface area contributed by atoms with Crippen LogP contribution in [0.2, 0.25) is 0 Å². The Morgan fingerprint density at radius 1 is 1.00 bits per heavy atom. The first-order valence-corrected chi connectivity index (χ1v) is 8.59. The third kappa shape index (κ3) is 3.87. The van der Waals surface area contributed by atoms with E-state index in [2.05, 4.69) is 16.3 Å². The Morgan fingerprint density at radius 3 is 2.28 bits per heavy atom. The number of piperazine rings is 1. The Labute approximate surface area is 149 Å². The van der Waals surface area contributed by atoms with Crippen LogP contribution >= 0.6 is 0 Å². The van der Waals surface area contributed by atoms with Gasteiger partial charge in [-0.2, -0.15) is 0 Å². The van der Waals surface area contributed by atoms with E-state index >= 15 is 0 Å². The van der Waals surface area contributed by atoms with Gasteiger partial charge in [-0.3, -0.25) is 0 Å². The van der Waals surface area contributed by atoms with Crippen LogP contribution in [-0.4, -0.2) is 44.2 Å². The van der Waals surface area contributed by atoms with Crippen molar-refractivity contribution in [3.8, 4) is 5.75 Å². The van der Waals surface area contributed by atoms with Crippen molar-refractivity contribution in [1.82, 2.24) is 4.90 Å². The molecule has 1 aliphatic heterocycles. The van der Waals surface area contributed by atoms with Crippen LogP contribution in [0.1, 0.15) is 11.1 Å². The molecule has 5 heteroatoms. The van der Waals surface area contributed by atoms with Crippen LogP contribution < -0.4 is 15.0 Å². The highest BCUT2D eigenvalue weighted by molar-refractivity contribution is 5.91. The van der Waals surface area contributed by atoms with Gasteiger partial charge in [0.15, 0.2) is 0 Å². The summed E-state index contributed by atoms with van der Waals surface area (Å²) in [6.45, 7) is 7.06. The lowest BCUT2D eigenvalue weighted by Gasteiger charge is -2.36. The number of carbonyl (C=O) groups excluding carboxylic acids is 1. The van der Waals surface area contributed by atoms with Crippen LogP contribution in [0, 0.1) is 13.8 Å². The lowest BCUT2D eigenvalue weighted by Crippen LogP contribution is -2.50. The van der Waals surface area contributed by atoms with Gasteiger partial charge in [0.1, 0.15) is 5.75 Å². The smallest absolute Gasteiger partial charge is 0.321 e. The average Bonchev–Trinajstić information content (AvgIpc) is 2.65. The van der Waals surface area contributed by atoms with Gasteiger partial charge in [-0.25, -0.2) is 4.79 Å². The molecule has 0 spiro atoms. The molecule has 3 rings (SSSR count). The zero-order valence-corrected chi connectivity index (χ0v) is 15.1. The molecule has 1 heterocycles. The maximum Gasteiger partial charge on any atom is 0.321 e. The number of nitrogens with zero attached hydrogens (tertiary/aromatic N) is 2. The fraction of sp³-hybridized carbons (Fsp3) is 0.350. The van der Waals surface area contributed by atoms with Gasteiger partial charge in [0, 0.05) is 43.6 Å². The quantitative estimate of drug-likeness (QED) is 0.928. The largest absolute Gasteiger partial charge is 0.497 e. The highest BCUT2D eigenvalue weighted by Crippen LogP contribution is 2.23. The number of benzene rings is 2. The zero-order valence-electron chi connectivity index (χ0n) is 15.1. The summed E-state index contributed by atoms with van der Waals surface area (Å²) in [4.78, 5) is 16.8. The minimum Gasteiger partial charge on any atom is -0.497 e. The van der Waals surface area contributed by atoms with E-state index in [0.29, 0.717) is 13.1 Å². The third-order valence-electron chi connectivity index (χ3n) is 4.70. The monoisotopic (exact) mass is 339 g/mol. The number of nitrogens with one attached hydrogen (secondary N) is 1. The number of carbonyl (C=O) groups is 1. The van der Waals surface area contributed by atoms with Crippen molar-refractivity contribution < 1.29 is 9.53 Å². The molecule has 2 aromatic rings. The van der Waals surface area contributed by atoms with Gasteiger partial charge in [-0.05, 0) is 37.1 Å². The maximum atomic E-state index is 12.6. The van der Waals surface area contributed by atoms with E-state index in [4.69, 9.17) is 4.74 Å². The summed E-state index contributed by atoms with van der Waals surface area (Å²) in [7, 11) is 1.68. The fourth-order valence-electron chi connectivity index (χ4n) is 3.17. The number of urea groups is 1. The van der Waals surface area contributed by atoms with Crippen molar-refractivity contribution in [2.75, 3.05) is 43.5 Å². The Hall–Kier alpha value is -2.69. The first-order valence-electron chi connectivity index (χ1n) is 8.59. The molecule has 1 fully saturated rings. The summed E-state index contributed by atoms with van der Waals surface area (Å²) in [5.41, 5.74) is 4.23. The number of rotatable bonds is 3. The molecule has 0 aromatic heterocycles. The predicted molar refractivity (Wildman–Crippen MR) is 102 cm³/mol. The molecule has 1 N–H and O–H groups in total. The number of hydrogen-bond donors (Lipinski definition) is 1. The van der Waals surface area contributed by atoms with Crippen molar-refractivity contribution in [1.29, 1.82) is 0 Å². The van der Waals surface area contributed by atoms with Crippen LogP contribution in [0.15, 0.2) is 42.5 Å². The van der Waals surface area contributed by atoms with Gasteiger partial charge in [0.2, 0.25) is 0 Å². The zero-order chi connectivity index (χ0) is 17.8. The molecule has 0 unspecified atom stereocenters. The number of aryl methyl sites for hydroxylation is 2. The minimum absolute atomic E-state index is 0.0253. The minimum atomic E-state index is -0.0253. The van der Waals surface area contributed by atoms with Crippen LogP contribution in [-0.2, 0) is 0 Å². The average molecular weight is 339 g/mol. The van der Waals surface area contributed by atoms with E-state index < -0.39 is 0 Å². The second-order valence-electron chi connectivity index (χ2n) is 6.37. The highest BCUT2D eigenvalue weighted by atomic mass is 16.5. The van der Waals surface area contributed by atoms with Gasteiger partial charge in [0.25, 0.3) is 0 Å². The SMILES string of the molecule is COc1cccc(N2CCN(C(=O)Nc3c(C)cccc3C)CC2)c1. The van der Waals surface area contributed by atoms with Gasteiger partial charge in [-0.1, -0.05) is 24.3 Å². The van der Waals surface area contributed by atoms with Crippen LogP contribution in [0.4, 0.5) is 16.2 Å². The molecule has 25 heavy (non-hydrogen) atoms. The van der Waals surface area contributed by atoms with Gasteiger partial charge in [0.05, 0.1) is 7.11 Å². The van der Waals surface area contributed by atoms with E-state index in [1.807, 2.05) is 55.1 Å². The lowest BCUT2D eigenvalue weighted by atomic mass is 10.1. The highest BCUT2D eigenvalue weighted by Gasteiger charge is 2.22. The number of methoxy groups -OCH3 is 1. The standard InChI is InChI=1S/C20H25N3O2/c1-15-6-4-7-16(2)19(15)21-20(24)23-12-10-22(11-13-23)17-8-5-9-18(14-17)25-3/h4-9,14H,10-13H2,1-3H3,(H,21,24). The van der Waals surface area contributed by atoms with Gasteiger partial charge >= 0.3 is 6.03 Å². The van der Waals surface area contributed by atoms with Crippen molar-refractivity contribution in [2.24, 2.45) is 0 Å². The Morgan fingerprint density at radius 2 is 1.64 bits per heavy atom. The molecule has 0 aliphatic carbocycles. The van der Waals surface area contributed by atoms with Gasteiger partial charge in [-0.15, -0.1) is 0 Å². The summed E-state index contributed by atoms with van der Waals surface area (Å²) in [6, 6.07) is 14.1. The van der Waals surface area contributed by atoms with Crippen molar-refractivity contribution >= 4 is 17.4 Å². The lowest BCUT2D eigenvalue weighted by molar-refractivity contribution is 0.208. The molecular weight excluding hydrogens is 314 g/mol. The first kappa shape index (κ1) is 17.1. The van der Waals surface area contributed by atoms with Gasteiger partial charge < -0.3 is 19.9 Å². The molecule has 0 saturated carbocycles. The van der Waals surface area contributed by atoms with E-state index in [1.54, 1.807) is 7.11 Å². The molecular formula is C20H25N3O2. The number of anilines is 2.